The predicted molar refractivity (Wildman–Crippen MR) is 164 cm³/mol. The summed E-state index contributed by atoms with van der Waals surface area (Å²) in [5.41, 5.74) is 16.2. The number of unbranched alkanes of at least 4 members (excludes halogenated alkanes) is 23. The fourth-order valence-electron chi connectivity index (χ4n) is 4.19. The second-order valence-corrected chi connectivity index (χ2v) is 10.5. The summed E-state index contributed by atoms with van der Waals surface area (Å²) in [6, 6.07) is 0. The van der Waals surface area contributed by atoms with Gasteiger partial charge in [0.05, 0.1) is 0 Å². The summed E-state index contributed by atoms with van der Waals surface area (Å²) in [5.74, 6) is 0. The lowest BCUT2D eigenvalue weighted by molar-refractivity contribution is 0.558. The molecule has 0 aromatic rings. The molecule has 3 heteroatoms. The van der Waals surface area contributed by atoms with Crippen LogP contribution in [0.2, 0.25) is 0 Å². The van der Waals surface area contributed by atoms with Crippen LogP contribution >= 0.6 is 0 Å². The van der Waals surface area contributed by atoms with Crippen LogP contribution in [0.15, 0.2) is 0 Å². The molecular weight excluding hydrogens is 426 g/mol. The van der Waals surface area contributed by atoms with Crippen molar-refractivity contribution in [3.63, 3.8) is 0 Å². The Kier molecular flexibility index (Phi) is 49.4. The Morgan fingerprint density at radius 1 is 0.229 bits per heavy atom. The van der Waals surface area contributed by atoms with E-state index in [0.717, 1.165) is 19.6 Å². The maximum atomic E-state index is 5.42. The summed E-state index contributed by atoms with van der Waals surface area (Å²) >= 11 is 0. The van der Waals surface area contributed by atoms with Gasteiger partial charge < -0.3 is 17.2 Å². The molecule has 0 saturated heterocycles. The van der Waals surface area contributed by atoms with Crippen LogP contribution in [-0.4, -0.2) is 19.6 Å². The van der Waals surface area contributed by atoms with Crippen LogP contribution < -0.4 is 17.2 Å². The molecule has 0 rings (SSSR count). The third-order valence-electron chi connectivity index (χ3n) is 6.67. The summed E-state index contributed by atoms with van der Waals surface area (Å²) in [4.78, 5) is 0. The summed E-state index contributed by atoms with van der Waals surface area (Å²) in [6.07, 6.45) is 35.9. The summed E-state index contributed by atoms with van der Waals surface area (Å²) in [5, 5.41) is 0. The lowest BCUT2D eigenvalue weighted by Gasteiger charge is -2.00. The largest absolute Gasteiger partial charge is 0.330 e. The predicted octanol–water partition coefficient (Wildman–Crippen LogP) is 10.0. The maximum Gasteiger partial charge on any atom is -0.00773 e. The van der Waals surface area contributed by atoms with Gasteiger partial charge in [0.2, 0.25) is 0 Å². The molecule has 0 spiro atoms. The lowest BCUT2D eigenvalue weighted by Crippen LogP contribution is -1.97. The van der Waals surface area contributed by atoms with Crippen LogP contribution in [0.3, 0.4) is 0 Å². The molecule has 0 saturated carbocycles. The Morgan fingerprint density at radius 3 is 0.514 bits per heavy atom. The fraction of sp³-hybridized carbons (Fsp3) is 1.00. The van der Waals surface area contributed by atoms with E-state index < -0.39 is 0 Å². The minimum Gasteiger partial charge on any atom is -0.330 e. The van der Waals surface area contributed by atoms with Gasteiger partial charge >= 0.3 is 0 Å². The van der Waals surface area contributed by atoms with E-state index in [4.69, 9.17) is 17.2 Å². The van der Waals surface area contributed by atoms with Gasteiger partial charge in [-0.05, 0) is 38.9 Å². The molecule has 0 aliphatic heterocycles. The third-order valence-corrected chi connectivity index (χ3v) is 6.67. The first kappa shape index (κ1) is 39.4. The Labute approximate surface area is 224 Å². The van der Waals surface area contributed by atoms with Crippen molar-refractivity contribution in [2.45, 2.75) is 188 Å². The van der Waals surface area contributed by atoms with Crippen LogP contribution in [0.4, 0.5) is 0 Å². The van der Waals surface area contributed by atoms with Crippen molar-refractivity contribution in [1.29, 1.82) is 0 Å². The molecule has 0 atom stereocenters. The van der Waals surface area contributed by atoms with E-state index in [2.05, 4.69) is 20.8 Å². The third kappa shape index (κ3) is 51.4. The summed E-state index contributed by atoms with van der Waals surface area (Å²) in [6.45, 7) is 9.40. The van der Waals surface area contributed by atoms with Crippen molar-refractivity contribution >= 4 is 0 Å². The highest BCUT2D eigenvalue weighted by molar-refractivity contribution is 4.48. The second kappa shape index (κ2) is 43.9. The van der Waals surface area contributed by atoms with Gasteiger partial charge in [-0.25, -0.2) is 0 Å². The molecule has 0 aromatic carbocycles. The number of hydrogen-bond acceptors (Lipinski definition) is 3. The number of nitrogens with two attached hydrogens (primary N) is 3. The van der Waals surface area contributed by atoms with Crippen molar-refractivity contribution in [2.75, 3.05) is 19.6 Å². The van der Waals surface area contributed by atoms with Crippen LogP contribution in [0.25, 0.3) is 0 Å². The molecule has 0 aromatic heterocycles. The van der Waals surface area contributed by atoms with Crippen molar-refractivity contribution in [3.05, 3.63) is 0 Å². The molecule has 35 heavy (non-hydrogen) atoms. The van der Waals surface area contributed by atoms with E-state index in [1.165, 1.54) is 167 Å². The minimum atomic E-state index is 0.870. The van der Waals surface area contributed by atoms with Crippen LogP contribution in [0, 0.1) is 0 Å². The van der Waals surface area contributed by atoms with E-state index in [1.54, 1.807) is 0 Å². The van der Waals surface area contributed by atoms with E-state index in [-0.39, 0.29) is 0 Å². The number of rotatable bonds is 26. The van der Waals surface area contributed by atoms with Gasteiger partial charge in [-0.2, -0.15) is 0 Å². The van der Waals surface area contributed by atoms with Gasteiger partial charge in [0.25, 0.3) is 0 Å². The molecule has 216 valence electrons. The fourth-order valence-corrected chi connectivity index (χ4v) is 4.19. The average Bonchev–Trinajstić information content (AvgIpc) is 2.88. The minimum absolute atomic E-state index is 0.870. The molecule has 0 amide bonds. The number of hydrogen-bond donors (Lipinski definition) is 3. The van der Waals surface area contributed by atoms with E-state index >= 15 is 0 Å². The molecule has 0 aliphatic carbocycles. The highest BCUT2D eigenvalue weighted by atomic mass is 14.5. The van der Waals surface area contributed by atoms with Gasteiger partial charge in [-0.1, -0.05) is 168 Å². The normalized spacial score (nSPS) is 10.5. The second-order valence-electron chi connectivity index (χ2n) is 10.5. The van der Waals surface area contributed by atoms with Crippen LogP contribution in [0.1, 0.15) is 188 Å². The topological polar surface area (TPSA) is 78.1 Å². The molecule has 0 heterocycles. The Morgan fingerprint density at radius 2 is 0.371 bits per heavy atom. The lowest BCUT2D eigenvalue weighted by atomic mass is 10.1. The average molecular weight is 500 g/mol. The summed E-state index contributed by atoms with van der Waals surface area (Å²) < 4.78 is 0. The molecule has 0 radical (unpaired) electrons. The molecule has 6 N–H and O–H groups in total. The van der Waals surface area contributed by atoms with E-state index in [1.807, 2.05) is 0 Å². The highest BCUT2D eigenvalue weighted by Gasteiger charge is 1.92. The van der Waals surface area contributed by atoms with Crippen LogP contribution in [-0.2, 0) is 0 Å². The molecule has 0 aliphatic rings. The first-order valence-corrected chi connectivity index (χ1v) is 16.3. The van der Waals surface area contributed by atoms with Crippen molar-refractivity contribution in [1.82, 2.24) is 0 Å². The zero-order valence-corrected chi connectivity index (χ0v) is 25.2. The van der Waals surface area contributed by atoms with Gasteiger partial charge in [-0.3, -0.25) is 0 Å². The maximum absolute atomic E-state index is 5.42. The molecule has 0 unspecified atom stereocenters. The van der Waals surface area contributed by atoms with E-state index in [0.29, 0.717) is 0 Å². The molecule has 0 fully saturated rings. The first-order valence-electron chi connectivity index (χ1n) is 16.3. The van der Waals surface area contributed by atoms with Crippen molar-refractivity contribution in [3.8, 4) is 0 Å². The molecule has 0 bridgehead atoms. The standard InChI is InChI=1S/C12H27N.2C10H23N/c1-2-3-4-5-6-7-8-9-10-11-12-13;2*1-2-3-4-5-6-7-8-9-10-11/h2-13H2,1H3;2*2-11H2,1H3. The van der Waals surface area contributed by atoms with Gasteiger partial charge in [0.1, 0.15) is 0 Å². The smallest absolute Gasteiger partial charge is 0.00773 e. The Bertz CT molecular complexity index is 253. The molecule has 3 nitrogen and oxygen atoms in total. The summed E-state index contributed by atoms with van der Waals surface area (Å²) in [7, 11) is 0. The quantitative estimate of drug-likeness (QED) is 0.104. The van der Waals surface area contributed by atoms with E-state index in [9.17, 15) is 0 Å². The zero-order valence-electron chi connectivity index (χ0n) is 25.2. The Hall–Kier alpha value is -0.120. The van der Waals surface area contributed by atoms with Gasteiger partial charge in [-0.15, -0.1) is 0 Å². The Balaban J connectivity index is -0.000000441. The highest BCUT2D eigenvalue weighted by Crippen LogP contribution is 2.10. The monoisotopic (exact) mass is 500 g/mol. The van der Waals surface area contributed by atoms with Crippen molar-refractivity contribution in [2.24, 2.45) is 17.2 Å². The van der Waals surface area contributed by atoms with Crippen molar-refractivity contribution < 1.29 is 0 Å². The first-order chi connectivity index (χ1) is 17.2. The molecular formula is C32H73N3. The zero-order chi connectivity index (χ0) is 26.5. The van der Waals surface area contributed by atoms with Gasteiger partial charge in [0, 0.05) is 0 Å². The van der Waals surface area contributed by atoms with Crippen LogP contribution in [0.5, 0.6) is 0 Å². The van der Waals surface area contributed by atoms with Gasteiger partial charge in [0.15, 0.2) is 0 Å². The SMILES string of the molecule is CCCCCCCCCCCCN.CCCCCCCCCCN.CCCCCCCCCCN.